The van der Waals surface area contributed by atoms with Crippen molar-refractivity contribution in [3.8, 4) is 17.6 Å². The highest BCUT2D eigenvalue weighted by molar-refractivity contribution is 5.45. The number of fused-ring (bicyclic) bond motifs is 4. The molecule has 1 aromatic heterocycles. The van der Waals surface area contributed by atoms with Crippen LogP contribution in [0.2, 0.25) is 0 Å². The molecule has 5 heteroatoms. The summed E-state index contributed by atoms with van der Waals surface area (Å²) in [5.74, 6) is 8.01. The van der Waals surface area contributed by atoms with Gasteiger partial charge in [-0.3, -0.25) is 0 Å². The molecule has 5 rings (SSSR count). The maximum absolute atomic E-state index is 5.15. The highest BCUT2D eigenvalue weighted by Crippen LogP contribution is 2.24. The summed E-state index contributed by atoms with van der Waals surface area (Å²) in [5, 5.41) is 8.75. The maximum atomic E-state index is 5.15. The fourth-order valence-corrected chi connectivity index (χ4v) is 3.54. The Hall–Kier alpha value is -2.58. The summed E-state index contributed by atoms with van der Waals surface area (Å²) >= 11 is 0. The molecule has 4 heterocycles. The first-order valence-corrected chi connectivity index (χ1v) is 8.80. The molecule has 2 bridgehead atoms. The van der Waals surface area contributed by atoms with E-state index in [1.165, 1.54) is 25.9 Å². The van der Waals surface area contributed by atoms with E-state index in [0.29, 0.717) is 11.7 Å². The van der Waals surface area contributed by atoms with Crippen molar-refractivity contribution in [3.05, 3.63) is 47.7 Å². The molecule has 0 radical (unpaired) electrons. The Kier molecular flexibility index (Phi) is 4.53. The summed E-state index contributed by atoms with van der Waals surface area (Å²) in [6, 6.07) is 12.3. The summed E-state index contributed by atoms with van der Waals surface area (Å²) < 4.78 is 5.15. The van der Waals surface area contributed by atoms with Gasteiger partial charge in [0, 0.05) is 37.8 Å². The molecule has 3 fully saturated rings. The zero-order valence-electron chi connectivity index (χ0n) is 14.5. The average Bonchev–Trinajstić information content (AvgIpc) is 3.01. The van der Waals surface area contributed by atoms with Gasteiger partial charge in [-0.1, -0.05) is 5.92 Å². The highest BCUT2D eigenvalue weighted by Gasteiger charge is 2.29. The van der Waals surface area contributed by atoms with Crippen molar-refractivity contribution in [1.29, 1.82) is 0 Å². The van der Waals surface area contributed by atoms with Crippen LogP contribution in [0.25, 0.3) is 0 Å². The maximum Gasteiger partial charge on any atom is 0.151 e. The molecule has 0 N–H and O–H groups in total. The van der Waals surface area contributed by atoms with Gasteiger partial charge >= 0.3 is 0 Å². The lowest BCUT2D eigenvalue weighted by Gasteiger charge is -2.31. The summed E-state index contributed by atoms with van der Waals surface area (Å²) in [7, 11) is 1.66. The SMILES string of the molecule is COc1ccc(C#Cc2ccc(N3CCN4CCC3CC4)nn2)cc1. The van der Waals surface area contributed by atoms with E-state index < -0.39 is 0 Å². The number of nitrogens with zero attached hydrogens (tertiary/aromatic N) is 4. The monoisotopic (exact) mass is 334 g/mol. The Morgan fingerprint density at radius 3 is 2.40 bits per heavy atom. The lowest BCUT2D eigenvalue weighted by molar-refractivity contribution is 0.250. The second-order valence-electron chi connectivity index (χ2n) is 6.52. The van der Waals surface area contributed by atoms with Crippen LogP contribution >= 0.6 is 0 Å². The van der Waals surface area contributed by atoms with Crippen LogP contribution in [0.4, 0.5) is 5.82 Å². The van der Waals surface area contributed by atoms with Crippen molar-refractivity contribution in [2.45, 2.75) is 18.9 Å². The van der Waals surface area contributed by atoms with Gasteiger partial charge in [-0.2, -0.15) is 0 Å². The molecule has 5 nitrogen and oxygen atoms in total. The van der Waals surface area contributed by atoms with Gasteiger partial charge in [-0.05, 0) is 55.2 Å². The van der Waals surface area contributed by atoms with Gasteiger partial charge in [-0.25, -0.2) is 0 Å². The summed E-state index contributed by atoms with van der Waals surface area (Å²) in [4.78, 5) is 4.96. The Balaban J connectivity index is 1.47. The quantitative estimate of drug-likeness (QED) is 0.788. The van der Waals surface area contributed by atoms with E-state index >= 15 is 0 Å². The van der Waals surface area contributed by atoms with Crippen LogP contribution in [0, 0.1) is 11.8 Å². The molecule has 1 aromatic carbocycles. The van der Waals surface area contributed by atoms with Gasteiger partial charge in [-0.15, -0.1) is 10.2 Å². The molecule has 128 valence electrons. The molecule has 0 atom stereocenters. The molecule has 25 heavy (non-hydrogen) atoms. The number of benzene rings is 1. The molecule has 3 aliphatic heterocycles. The molecule has 3 aliphatic rings. The predicted molar refractivity (Wildman–Crippen MR) is 97.8 cm³/mol. The van der Waals surface area contributed by atoms with Crippen molar-refractivity contribution >= 4 is 5.82 Å². The van der Waals surface area contributed by atoms with Crippen LogP contribution in [0.15, 0.2) is 36.4 Å². The number of hydrogen-bond acceptors (Lipinski definition) is 5. The van der Waals surface area contributed by atoms with E-state index in [4.69, 9.17) is 4.74 Å². The molecule has 3 saturated heterocycles. The van der Waals surface area contributed by atoms with Crippen LogP contribution in [0.1, 0.15) is 24.1 Å². The number of methoxy groups -OCH3 is 1. The third-order valence-corrected chi connectivity index (χ3v) is 5.02. The van der Waals surface area contributed by atoms with Crippen molar-refractivity contribution in [2.75, 3.05) is 38.2 Å². The van der Waals surface area contributed by atoms with Gasteiger partial charge < -0.3 is 14.5 Å². The largest absolute Gasteiger partial charge is 0.497 e. The molecule has 2 aromatic rings. The smallest absolute Gasteiger partial charge is 0.151 e. The van der Waals surface area contributed by atoms with Crippen molar-refractivity contribution < 1.29 is 4.74 Å². The lowest BCUT2D eigenvalue weighted by atomic mass is 10.1. The van der Waals surface area contributed by atoms with Crippen LogP contribution in [0.5, 0.6) is 5.75 Å². The molecule has 0 unspecified atom stereocenters. The van der Waals surface area contributed by atoms with E-state index in [-0.39, 0.29) is 0 Å². The predicted octanol–water partition coefficient (Wildman–Crippen LogP) is 2.17. The van der Waals surface area contributed by atoms with Gasteiger partial charge in [0.25, 0.3) is 0 Å². The lowest BCUT2D eigenvalue weighted by Crippen LogP contribution is -2.38. The van der Waals surface area contributed by atoms with Gasteiger partial charge in [0.2, 0.25) is 0 Å². The first-order chi connectivity index (χ1) is 12.3. The number of aromatic nitrogens is 2. The number of anilines is 1. The summed E-state index contributed by atoms with van der Waals surface area (Å²) in [6.07, 6.45) is 2.45. The molecular weight excluding hydrogens is 312 g/mol. The second-order valence-corrected chi connectivity index (χ2v) is 6.52. The van der Waals surface area contributed by atoms with E-state index in [0.717, 1.165) is 30.2 Å². The number of hydrogen-bond donors (Lipinski definition) is 0. The zero-order chi connectivity index (χ0) is 17.1. The Morgan fingerprint density at radius 1 is 0.920 bits per heavy atom. The minimum atomic E-state index is 0.601. The van der Waals surface area contributed by atoms with E-state index in [2.05, 4.69) is 37.9 Å². The van der Waals surface area contributed by atoms with Crippen molar-refractivity contribution in [3.63, 3.8) is 0 Å². The Labute approximate surface area is 148 Å². The molecular formula is C20H22N4O. The average molecular weight is 334 g/mol. The van der Waals surface area contributed by atoms with Gasteiger partial charge in [0.15, 0.2) is 5.82 Å². The van der Waals surface area contributed by atoms with E-state index in [9.17, 15) is 0 Å². The molecule has 0 amide bonds. The Bertz CT molecular complexity index is 768. The van der Waals surface area contributed by atoms with E-state index in [1.807, 2.05) is 30.3 Å². The Morgan fingerprint density at radius 2 is 1.72 bits per heavy atom. The number of rotatable bonds is 2. The van der Waals surface area contributed by atoms with E-state index in [1.54, 1.807) is 7.11 Å². The topological polar surface area (TPSA) is 41.5 Å². The van der Waals surface area contributed by atoms with Gasteiger partial charge in [0.1, 0.15) is 11.4 Å². The first-order valence-electron chi connectivity index (χ1n) is 8.80. The minimum Gasteiger partial charge on any atom is -0.497 e. The fourth-order valence-electron chi connectivity index (χ4n) is 3.54. The molecule has 0 spiro atoms. The number of ether oxygens (including phenoxy) is 1. The highest BCUT2D eigenvalue weighted by atomic mass is 16.5. The van der Waals surface area contributed by atoms with Crippen molar-refractivity contribution in [2.24, 2.45) is 0 Å². The molecule has 0 saturated carbocycles. The third kappa shape index (κ3) is 3.59. The fraction of sp³-hybridized carbons (Fsp3) is 0.400. The molecule has 0 aliphatic carbocycles. The summed E-state index contributed by atoms with van der Waals surface area (Å²) in [5.41, 5.74) is 1.63. The second kappa shape index (κ2) is 7.12. The van der Waals surface area contributed by atoms with Crippen LogP contribution < -0.4 is 9.64 Å². The standard InChI is InChI=1S/C20H22N4O/c1-25-19-7-3-16(4-8-19)2-5-17-6-9-20(22-21-17)24-15-14-23-12-10-18(24)11-13-23/h3-4,6-9,18H,10-15H2,1H3. The zero-order valence-corrected chi connectivity index (χ0v) is 14.5. The third-order valence-electron chi connectivity index (χ3n) is 5.02. The van der Waals surface area contributed by atoms with Crippen LogP contribution in [-0.2, 0) is 0 Å². The first kappa shape index (κ1) is 15.9. The van der Waals surface area contributed by atoms with Crippen LogP contribution in [-0.4, -0.2) is 54.4 Å². The normalized spacial score (nSPS) is 22.0. The van der Waals surface area contributed by atoms with Crippen LogP contribution in [0.3, 0.4) is 0 Å². The van der Waals surface area contributed by atoms with Crippen molar-refractivity contribution in [1.82, 2.24) is 15.1 Å². The number of piperidine rings is 1. The van der Waals surface area contributed by atoms with Gasteiger partial charge in [0.05, 0.1) is 7.11 Å². The summed E-state index contributed by atoms with van der Waals surface area (Å²) in [6.45, 7) is 4.58. The minimum absolute atomic E-state index is 0.601.